The summed E-state index contributed by atoms with van der Waals surface area (Å²) in [5.41, 5.74) is 0.722. The number of halogens is 1. The second-order valence-corrected chi connectivity index (χ2v) is 4.30. The van der Waals surface area contributed by atoms with Crippen molar-refractivity contribution in [3.05, 3.63) is 17.5 Å². The zero-order valence-electron chi connectivity index (χ0n) is 10.0. The molecule has 2 heterocycles. The molecule has 5 nitrogen and oxygen atoms in total. The minimum absolute atomic E-state index is 0. The largest absolute Gasteiger partial charge is 0.351 e. The van der Waals surface area contributed by atoms with Gasteiger partial charge >= 0.3 is 0 Å². The lowest BCUT2D eigenvalue weighted by molar-refractivity contribution is 0.0882. The summed E-state index contributed by atoms with van der Waals surface area (Å²) < 4.78 is 4.92. The minimum Gasteiger partial charge on any atom is -0.351 e. The Morgan fingerprint density at radius 1 is 1.65 bits per heavy atom. The molecule has 1 amide bonds. The summed E-state index contributed by atoms with van der Waals surface area (Å²) in [4.78, 5) is 11.8. The second-order valence-electron chi connectivity index (χ2n) is 4.30. The molecule has 2 unspecified atom stereocenters. The Morgan fingerprint density at radius 2 is 2.41 bits per heavy atom. The van der Waals surface area contributed by atoms with Gasteiger partial charge in [-0.15, -0.1) is 12.4 Å². The molecule has 2 rings (SSSR count). The van der Waals surface area contributed by atoms with E-state index in [1.165, 1.54) is 0 Å². The number of amides is 1. The first-order valence-electron chi connectivity index (χ1n) is 5.64. The summed E-state index contributed by atoms with van der Waals surface area (Å²) in [7, 11) is 0. The van der Waals surface area contributed by atoms with Crippen molar-refractivity contribution in [2.45, 2.75) is 38.8 Å². The molecule has 0 saturated carbocycles. The summed E-state index contributed by atoms with van der Waals surface area (Å²) in [6, 6.07) is 2.13. The van der Waals surface area contributed by atoms with Crippen molar-refractivity contribution in [2.75, 3.05) is 6.54 Å². The summed E-state index contributed by atoms with van der Waals surface area (Å²) in [6.07, 6.45) is 2.09. The molecule has 0 aromatic carbocycles. The number of carbonyl (C=O) groups is 1. The number of nitrogens with zero attached hydrogens (tertiary/aromatic N) is 1. The zero-order valence-corrected chi connectivity index (χ0v) is 10.8. The normalized spacial score (nSPS) is 23.9. The Bertz CT molecular complexity index is 381. The summed E-state index contributed by atoms with van der Waals surface area (Å²) >= 11 is 0. The minimum atomic E-state index is -0.179. The van der Waals surface area contributed by atoms with Gasteiger partial charge in [0.15, 0.2) is 0 Å². The fourth-order valence-corrected chi connectivity index (χ4v) is 1.95. The van der Waals surface area contributed by atoms with Gasteiger partial charge < -0.3 is 15.2 Å². The SMILES string of the molecule is Cc1cc(C(=O)NC2CCCNC2C)on1.Cl. The van der Waals surface area contributed by atoms with Crippen molar-refractivity contribution < 1.29 is 9.32 Å². The van der Waals surface area contributed by atoms with Gasteiger partial charge in [-0.1, -0.05) is 5.16 Å². The molecule has 1 saturated heterocycles. The van der Waals surface area contributed by atoms with Crippen LogP contribution in [-0.4, -0.2) is 29.7 Å². The van der Waals surface area contributed by atoms with Gasteiger partial charge in [0.2, 0.25) is 5.76 Å². The van der Waals surface area contributed by atoms with E-state index in [-0.39, 0.29) is 30.1 Å². The smallest absolute Gasteiger partial charge is 0.290 e. The van der Waals surface area contributed by atoms with Crippen LogP contribution in [0.15, 0.2) is 10.6 Å². The van der Waals surface area contributed by atoms with Crippen LogP contribution in [0.2, 0.25) is 0 Å². The molecule has 1 fully saturated rings. The first-order valence-corrected chi connectivity index (χ1v) is 5.64. The molecule has 1 aromatic heterocycles. The summed E-state index contributed by atoms with van der Waals surface area (Å²) in [5, 5.41) is 9.99. The predicted molar refractivity (Wildman–Crippen MR) is 66.4 cm³/mol. The molecule has 17 heavy (non-hydrogen) atoms. The third-order valence-electron chi connectivity index (χ3n) is 2.93. The van der Waals surface area contributed by atoms with E-state index in [9.17, 15) is 4.79 Å². The van der Waals surface area contributed by atoms with Crippen molar-refractivity contribution in [3.8, 4) is 0 Å². The maximum absolute atomic E-state index is 11.8. The highest BCUT2D eigenvalue weighted by Crippen LogP contribution is 2.10. The molecule has 6 heteroatoms. The van der Waals surface area contributed by atoms with Crippen LogP contribution in [0.4, 0.5) is 0 Å². The summed E-state index contributed by atoms with van der Waals surface area (Å²) in [6.45, 7) is 4.90. The fraction of sp³-hybridized carbons (Fsp3) is 0.636. The van der Waals surface area contributed by atoms with Crippen molar-refractivity contribution in [2.24, 2.45) is 0 Å². The molecule has 0 bridgehead atoms. The van der Waals surface area contributed by atoms with Gasteiger partial charge in [0.1, 0.15) is 0 Å². The molecule has 0 aliphatic carbocycles. The van der Waals surface area contributed by atoms with Gasteiger partial charge in [0.25, 0.3) is 5.91 Å². The predicted octanol–water partition coefficient (Wildman–Crippen LogP) is 1.28. The molecule has 1 aliphatic heterocycles. The molecule has 1 aromatic rings. The number of hydrogen-bond donors (Lipinski definition) is 2. The first kappa shape index (κ1) is 14.0. The van der Waals surface area contributed by atoms with Crippen LogP contribution >= 0.6 is 12.4 Å². The number of rotatable bonds is 2. The number of piperidine rings is 1. The monoisotopic (exact) mass is 259 g/mol. The molecule has 2 N–H and O–H groups in total. The lowest BCUT2D eigenvalue weighted by atomic mass is 10.00. The Hall–Kier alpha value is -1.07. The average Bonchev–Trinajstić information content (AvgIpc) is 2.68. The average molecular weight is 260 g/mol. The van der Waals surface area contributed by atoms with Crippen LogP contribution in [0.25, 0.3) is 0 Å². The Morgan fingerprint density at radius 3 is 3.00 bits per heavy atom. The third-order valence-corrected chi connectivity index (χ3v) is 2.93. The number of aryl methyl sites for hydroxylation is 1. The van der Waals surface area contributed by atoms with Gasteiger partial charge in [-0.3, -0.25) is 4.79 Å². The van der Waals surface area contributed by atoms with Crippen molar-refractivity contribution in [1.29, 1.82) is 0 Å². The van der Waals surface area contributed by atoms with Gasteiger partial charge in [0, 0.05) is 18.2 Å². The standard InChI is InChI=1S/C11H17N3O2.ClH/c1-7-6-10(16-14-7)11(15)13-9-4-3-5-12-8(9)2;/h6,8-9,12H,3-5H2,1-2H3,(H,13,15);1H. The number of carbonyl (C=O) groups excluding carboxylic acids is 1. The van der Waals surface area contributed by atoms with Gasteiger partial charge in [-0.05, 0) is 33.2 Å². The second kappa shape index (κ2) is 6.02. The highest BCUT2D eigenvalue weighted by Gasteiger charge is 2.24. The van der Waals surface area contributed by atoms with E-state index >= 15 is 0 Å². The Kier molecular flexibility index (Phi) is 4.96. The van der Waals surface area contributed by atoms with E-state index in [0.717, 1.165) is 25.1 Å². The van der Waals surface area contributed by atoms with Gasteiger partial charge in [-0.25, -0.2) is 0 Å². The van der Waals surface area contributed by atoms with E-state index in [1.54, 1.807) is 13.0 Å². The van der Waals surface area contributed by atoms with E-state index in [4.69, 9.17) is 4.52 Å². The maximum atomic E-state index is 11.8. The van der Waals surface area contributed by atoms with Crippen LogP contribution in [0.5, 0.6) is 0 Å². The molecular weight excluding hydrogens is 242 g/mol. The molecule has 96 valence electrons. The number of hydrogen-bond acceptors (Lipinski definition) is 4. The fourth-order valence-electron chi connectivity index (χ4n) is 1.95. The van der Waals surface area contributed by atoms with Crippen LogP contribution in [0, 0.1) is 6.92 Å². The van der Waals surface area contributed by atoms with Crippen molar-refractivity contribution in [1.82, 2.24) is 15.8 Å². The molecule has 0 radical (unpaired) electrons. The molecule has 2 atom stereocenters. The maximum Gasteiger partial charge on any atom is 0.290 e. The van der Waals surface area contributed by atoms with Crippen LogP contribution < -0.4 is 10.6 Å². The van der Waals surface area contributed by atoms with E-state index in [1.807, 2.05) is 0 Å². The van der Waals surface area contributed by atoms with Crippen LogP contribution in [-0.2, 0) is 0 Å². The van der Waals surface area contributed by atoms with Gasteiger partial charge in [0.05, 0.1) is 5.69 Å². The quantitative estimate of drug-likeness (QED) is 0.840. The van der Waals surface area contributed by atoms with Gasteiger partial charge in [-0.2, -0.15) is 0 Å². The van der Waals surface area contributed by atoms with E-state index in [0.29, 0.717) is 6.04 Å². The van der Waals surface area contributed by atoms with Crippen LogP contribution in [0.3, 0.4) is 0 Å². The summed E-state index contributed by atoms with van der Waals surface area (Å²) in [5.74, 6) is 0.108. The number of aromatic nitrogens is 1. The Balaban J connectivity index is 0.00000144. The Labute approximate surface area is 107 Å². The molecular formula is C11H18ClN3O2. The lowest BCUT2D eigenvalue weighted by Gasteiger charge is -2.30. The van der Waals surface area contributed by atoms with E-state index < -0.39 is 0 Å². The lowest BCUT2D eigenvalue weighted by Crippen LogP contribution is -2.51. The van der Waals surface area contributed by atoms with E-state index in [2.05, 4.69) is 22.7 Å². The highest BCUT2D eigenvalue weighted by atomic mass is 35.5. The molecule has 1 aliphatic rings. The molecule has 0 spiro atoms. The third kappa shape index (κ3) is 3.44. The van der Waals surface area contributed by atoms with Crippen LogP contribution in [0.1, 0.15) is 36.0 Å². The first-order chi connectivity index (χ1) is 7.66. The highest BCUT2D eigenvalue weighted by molar-refractivity contribution is 5.91. The van der Waals surface area contributed by atoms with Crippen molar-refractivity contribution >= 4 is 18.3 Å². The zero-order chi connectivity index (χ0) is 11.5. The number of nitrogens with one attached hydrogen (secondary N) is 2. The van der Waals surface area contributed by atoms with Crippen molar-refractivity contribution in [3.63, 3.8) is 0 Å². The topological polar surface area (TPSA) is 67.2 Å².